The molecule has 0 saturated heterocycles. The molecule has 7 unspecified atom stereocenters. The second-order valence-electron chi connectivity index (χ2n) is 10.1. The van der Waals surface area contributed by atoms with Gasteiger partial charge >= 0.3 is 0 Å². The van der Waals surface area contributed by atoms with Crippen LogP contribution in [0.15, 0.2) is 11.5 Å². The van der Waals surface area contributed by atoms with Gasteiger partial charge in [-0.05, 0) is 56.3 Å². The maximum Gasteiger partial charge on any atom is 0.287 e. The Morgan fingerprint density at radius 3 is 2.42 bits per heavy atom. The molecule has 2 N–H and O–H groups in total. The lowest BCUT2D eigenvalue weighted by atomic mass is 9.43. The molecule has 2 aliphatic heterocycles. The zero-order chi connectivity index (χ0) is 19.1. The van der Waals surface area contributed by atoms with E-state index in [1.54, 1.807) is 0 Å². The van der Waals surface area contributed by atoms with Crippen molar-refractivity contribution in [2.75, 3.05) is 0 Å². The monoisotopic (exact) mass is 364 g/mol. The van der Waals surface area contributed by atoms with Gasteiger partial charge in [-0.2, -0.15) is 0 Å². The van der Waals surface area contributed by atoms with Crippen molar-refractivity contribution in [1.29, 1.82) is 0 Å². The Kier molecular flexibility index (Phi) is 3.86. The number of aliphatic hydroxyl groups excluding tert-OH is 2. The van der Waals surface area contributed by atoms with E-state index in [1.165, 1.54) is 0 Å². The molecule has 0 aromatic rings. The molecule has 0 bridgehead atoms. The van der Waals surface area contributed by atoms with E-state index in [2.05, 4.69) is 20.8 Å². The van der Waals surface area contributed by atoms with E-state index < -0.39 is 11.7 Å². The average molecular weight is 364 g/mol. The number of ketones is 1. The van der Waals surface area contributed by atoms with E-state index in [-0.39, 0.29) is 40.7 Å². The van der Waals surface area contributed by atoms with Crippen molar-refractivity contribution in [2.45, 2.75) is 90.6 Å². The number of hydrogen-bond acceptors (Lipinski definition) is 5. The molecule has 0 amide bonds. The van der Waals surface area contributed by atoms with Crippen LogP contribution in [0.4, 0.5) is 0 Å². The van der Waals surface area contributed by atoms with Crippen LogP contribution in [0, 0.1) is 22.7 Å². The van der Waals surface area contributed by atoms with Crippen LogP contribution in [0.2, 0.25) is 0 Å². The first-order chi connectivity index (χ1) is 12.0. The minimum atomic E-state index is -0.764. The van der Waals surface area contributed by atoms with Crippen LogP contribution in [0.3, 0.4) is 0 Å². The van der Waals surface area contributed by atoms with E-state index in [9.17, 15) is 15.0 Å². The van der Waals surface area contributed by atoms with Gasteiger partial charge in [-0.3, -0.25) is 4.79 Å². The normalized spacial score (nSPS) is 50.1. The number of carbonyl (C=O) groups is 1. The molecule has 4 aliphatic rings. The smallest absolute Gasteiger partial charge is 0.287 e. The third-order valence-corrected chi connectivity index (χ3v) is 8.20. The van der Waals surface area contributed by atoms with Gasteiger partial charge in [0.25, 0.3) is 5.95 Å². The standard InChI is InChI=1S/C21H32O5/c1-11-8-13(22)12-9-15-20(4)7-6-16(23)19(2,3)14(20)10-17(24)21(15,5)26-18(12)25-11/h11,14-17,23-24H,6-10H2,1-5H3. The SMILES string of the molecule is CC1CC(=O)C2=C(O1)OC1(C)C(O)CC3C(C)(C)C(O)CCC3(C)C1C2. The van der Waals surface area contributed by atoms with Crippen LogP contribution >= 0.6 is 0 Å². The van der Waals surface area contributed by atoms with E-state index in [0.29, 0.717) is 30.8 Å². The van der Waals surface area contributed by atoms with Crippen LogP contribution in [0.1, 0.15) is 66.7 Å². The number of aliphatic hydroxyl groups is 2. The van der Waals surface area contributed by atoms with Gasteiger partial charge in [0.1, 0.15) is 11.7 Å². The molecular weight excluding hydrogens is 332 g/mol. The number of hydrogen-bond donors (Lipinski definition) is 2. The Labute approximate surface area is 155 Å². The number of carbonyl (C=O) groups excluding carboxylic acids is 1. The summed E-state index contributed by atoms with van der Waals surface area (Å²) in [7, 11) is 0. The van der Waals surface area contributed by atoms with Gasteiger partial charge in [0.15, 0.2) is 5.78 Å². The fraction of sp³-hybridized carbons (Fsp3) is 0.857. The number of fused-ring (bicyclic) bond motifs is 3. The van der Waals surface area contributed by atoms with Crippen molar-refractivity contribution in [3.8, 4) is 0 Å². The summed E-state index contributed by atoms with van der Waals surface area (Å²) >= 11 is 0. The fourth-order valence-corrected chi connectivity index (χ4v) is 6.47. The zero-order valence-corrected chi connectivity index (χ0v) is 16.5. The second-order valence-corrected chi connectivity index (χ2v) is 10.1. The summed E-state index contributed by atoms with van der Waals surface area (Å²) in [4.78, 5) is 12.6. The van der Waals surface area contributed by atoms with E-state index in [4.69, 9.17) is 9.47 Å². The molecule has 0 aromatic carbocycles. The highest BCUT2D eigenvalue weighted by Gasteiger charge is 2.66. The molecule has 7 atom stereocenters. The largest absolute Gasteiger partial charge is 0.462 e. The Bertz CT molecular complexity index is 667. The summed E-state index contributed by atoms with van der Waals surface area (Å²) < 4.78 is 12.1. The summed E-state index contributed by atoms with van der Waals surface area (Å²) in [6.07, 6.45) is 2.00. The molecule has 2 fully saturated rings. The number of ether oxygens (including phenoxy) is 2. The molecule has 0 spiro atoms. The predicted molar refractivity (Wildman–Crippen MR) is 96.0 cm³/mol. The Balaban J connectivity index is 1.78. The van der Waals surface area contributed by atoms with Gasteiger partial charge in [-0.25, -0.2) is 0 Å². The molecule has 2 heterocycles. The molecular formula is C21H32O5. The Morgan fingerprint density at radius 1 is 1.04 bits per heavy atom. The van der Waals surface area contributed by atoms with Crippen molar-refractivity contribution in [2.24, 2.45) is 22.7 Å². The maximum atomic E-state index is 12.6. The molecule has 5 nitrogen and oxygen atoms in total. The topological polar surface area (TPSA) is 76.0 Å². The van der Waals surface area contributed by atoms with Crippen molar-refractivity contribution in [3.05, 3.63) is 11.5 Å². The van der Waals surface area contributed by atoms with Gasteiger partial charge in [0.05, 0.1) is 17.8 Å². The summed E-state index contributed by atoms with van der Waals surface area (Å²) in [5.74, 6) is 0.645. The molecule has 0 radical (unpaired) electrons. The van der Waals surface area contributed by atoms with Crippen LogP contribution in [-0.2, 0) is 14.3 Å². The summed E-state index contributed by atoms with van der Waals surface area (Å²) in [5, 5.41) is 21.7. The lowest BCUT2D eigenvalue weighted by Gasteiger charge is -2.65. The highest BCUT2D eigenvalue weighted by molar-refractivity contribution is 5.96. The van der Waals surface area contributed by atoms with Gasteiger partial charge in [0.2, 0.25) is 0 Å². The van der Waals surface area contributed by atoms with Gasteiger partial charge in [-0.15, -0.1) is 0 Å². The molecule has 4 rings (SSSR count). The summed E-state index contributed by atoms with van der Waals surface area (Å²) in [6.45, 7) is 10.3. The van der Waals surface area contributed by atoms with Gasteiger partial charge in [0, 0.05) is 12.3 Å². The van der Waals surface area contributed by atoms with Crippen LogP contribution < -0.4 is 0 Å². The fourth-order valence-electron chi connectivity index (χ4n) is 6.47. The first kappa shape index (κ1) is 18.3. The zero-order valence-electron chi connectivity index (χ0n) is 16.5. The molecule has 0 aromatic heterocycles. The van der Waals surface area contributed by atoms with Crippen molar-refractivity contribution in [3.63, 3.8) is 0 Å². The second kappa shape index (κ2) is 5.48. The molecule has 5 heteroatoms. The lowest BCUT2D eigenvalue weighted by molar-refractivity contribution is -0.264. The van der Waals surface area contributed by atoms with Crippen LogP contribution in [-0.4, -0.2) is 39.9 Å². The van der Waals surface area contributed by atoms with Gasteiger partial charge in [-0.1, -0.05) is 20.8 Å². The van der Waals surface area contributed by atoms with Crippen molar-refractivity contribution >= 4 is 5.78 Å². The number of allylic oxidation sites excluding steroid dienone is 1. The first-order valence-electron chi connectivity index (χ1n) is 9.98. The predicted octanol–water partition coefficient (Wildman–Crippen LogP) is 2.94. The minimum absolute atomic E-state index is 0.0234. The summed E-state index contributed by atoms with van der Waals surface area (Å²) in [5.41, 5.74) is -0.479. The Morgan fingerprint density at radius 2 is 1.73 bits per heavy atom. The van der Waals surface area contributed by atoms with E-state index >= 15 is 0 Å². The molecule has 2 saturated carbocycles. The van der Waals surface area contributed by atoms with Crippen molar-refractivity contribution in [1.82, 2.24) is 0 Å². The average Bonchev–Trinajstić information content (AvgIpc) is 2.53. The lowest BCUT2D eigenvalue weighted by Crippen LogP contribution is -2.67. The van der Waals surface area contributed by atoms with Crippen LogP contribution in [0.5, 0.6) is 0 Å². The highest BCUT2D eigenvalue weighted by Crippen LogP contribution is 2.65. The quantitative estimate of drug-likeness (QED) is 0.691. The first-order valence-corrected chi connectivity index (χ1v) is 9.98. The highest BCUT2D eigenvalue weighted by atomic mass is 16.7. The van der Waals surface area contributed by atoms with E-state index in [0.717, 1.165) is 12.8 Å². The molecule has 26 heavy (non-hydrogen) atoms. The minimum Gasteiger partial charge on any atom is -0.462 e. The molecule has 2 aliphatic carbocycles. The third-order valence-electron chi connectivity index (χ3n) is 8.20. The maximum absolute atomic E-state index is 12.6. The Hall–Kier alpha value is -1.07. The van der Waals surface area contributed by atoms with Crippen molar-refractivity contribution < 1.29 is 24.5 Å². The number of Topliss-reactive ketones (excluding diaryl/α,β-unsaturated/α-hetero) is 1. The number of rotatable bonds is 0. The van der Waals surface area contributed by atoms with Gasteiger partial charge < -0.3 is 19.7 Å². The summed E-state index contributed by atoms with van der Waals surface area (Å²) in [6, 6.07) is 0. The third kappa shape index (κ3) is 2.26. The molecule has 146 valence electrons. The van der Waals surface area contributed by atoms with E-state index in [1.807, 2.05) is 13.8 Å². The van der Waals surface area contributed by atoms with Crippen LogP contribution in [0.25, 0.3) is 0 Å².